The van der Waals surface area contributed by atoms with Crippen LogP contribution in [0.15, 0.2) is 182 Å². The maximum absolute atomic E-state index is 5.35. The lowest BCUT2D eigenvalue weighted by Gasteiger charge is -2.11. The summed E-state index contributed by atoms with van der Waals surface area (Å²) in [7, 11) is 0. The third-order valence-electron chi connectivity index (χ3n) is 9.10. The van der Waals surface area contributed by atoms with Crippen LogP contribution < -0.4 is 0 Å². The van der Waals surface area contributed by atoms with Gasteiger partial charge in [-0.1, -0.05) is 133 Å². The van der Waals surface area contributed by atoms with Crippen LogP contribution in [0.1, 0.15) is 0 Å². The first-order chi connectivity index (χ1) is 24.3. The van der Waals surface area contributed by atoms with Crippen molar-refractivity contribution < 1.29 is 0 Å². The number of rotatable bonds is 6. The second-order valence-corrected chi connectivity index (χ2v) is 12.1. The number of aromatic nitrogens is 4. The van der Waals surface area contributed by atoms with E-state index >= 15 is 0 Å². The molecule has 0 spiro atoms. The van der Waals surface area contributed by atoms with Crippen molar-refractivity contribution in [1.82, 2.24) is 19.7 Å². The Balaban J connectivity index is 1.13. The Morgan fingerprint density at radius 1 is 0.429 bits per heavy atom. The standard InChI is InChI=1S/C45H30N4/c1-3-12-33(13-4-1)39-30-36-16-7-8-17-38(36)45-43(39)44(35-14-5-2-6-15-35)48-49(45)37-27-25-32(26-28-37)31-21-23-34(24-22-31)40-19-11-20-42(47-40)41-18-9-10-29-46-41/h1-30H. The van der Waals surface area contributed by atoms with Gasteiger partial charge < -0.3 is 0 Å². The van der Waals surface area contributed by atoms with E-state index in [4.69, 9.17) is 10.1 Å². The van der Waals surface area contributed by atoms with E-state index in [9.17, 15) is 0 Å². The van der Waals surface area contributed by atoms with Crippen LogP contribution in [0.3, 0.4) is 0 Å². The van der Waals surface area contributed by atoms with Crippen molar-refractivity contribution in [2.24, 2.45) is 0 Å². The van der Waals surface area contributed by atoms with E-state index in [-0.39, 0.29) is 0 Å². The molecule has 0 aliphatic carbocycles. The lowest BCUT2D eigenvalue weighted by molar-refractivity contribution is 0.918. The van der Waals surface area contributed by atoms with E-state index in [1.807, 2.05) is 36.4 Å². The van der Waals surface area contributed by atoms with Gasteiger partial charge in [-0.25, -0.2) is 9.67 Å². The van der Waals surface area contributed by atoms with Crippen LogP contribution in [-0.2, 0) is 0 Å². The number of benzene rings is 6. The summed E-state index contributed by atoms with van der Waals surface area (Å²) in [6.45, 7) is 0. The van der Waals surface area contributed by atoms with Crippen molar-refractivity contribution in [1.29, 1.82) is 0 Å². The van der Waals surface area contributed by atoms with Crippen LogP contribution in [0.25, 0.3) is 83.5 Å². The zero-order chi connectivity index (χ0) is 32.6. The van der Waals surface area contributed by atoms with E-state index < -0.39 is 0 Å². The van der Waals surface area contributed by atoms with Crippen molar-refractivity contribution in [2.45, 2.75) is 0 Å². The Morgan fingerprint density at radius 3 is 1.78 bits per heavy atom. The van der Waals surface area contributed by atoms with Gasteiger partial charge in [0.05, 0.1) is 28.3 Å². The molecule has 0 amide bonds. The second kappa shape index (κ2) is 12.2. The first kappa shape index (κ1) is 28.6. The van der Waals surface area contributed by atoms with Gasteiger partial charge in [0.15, 0.2) is 0 Å². The van der Waals surface area contributed by atoms with Crippen LogP contribution in [-0.4, -0.2) is 19.7 Å². The molecule has 3 heterocycles. The highest BCUT2D eigenvalue weighted by Crippen LogP contribution is 2.41. The fourth-order valence-corrected chi connectivity index (χ4v) is 6.70. The third kappa shape index (κ3) is 5.26. The zero-order valence-electron chi connectivity index (χ0n) is 26.6. The molecule has 0 N–H and O–H groups in total. The van der Waals surface area contributed by atoms with Crippen LogP contribution >= 0.6 is 0 Å². The van der Waals surface area contributed by atoms with E-state index in [0.29, 0.717) is 0 Å². The van der Waals surface area contributed by atoms with E-state index in [1.54, 1.807) is 6.20 Å². The highest BCUT2D eigenvalue weighted by atomic mass is 15.3. The molecule has 0 saturated heterocycles. The zero-order valence-corrected chi connectivity index (χ0v) is 26.6. The highest BCUT2D eigenvalue weighted by molar-refractivity contribution is 6.17. The van der Waals surface area contributed by atoms with Crippen molar-refractivity contribution in [3.05, 3.63) is 182 Å². The van der Waals surface area contributed by atoms with Gasteiger partial charge in [-0.05, 0) is 70.1 Å². The summed E-state index contributed by atoms with van der Waals surface area (Å²) in [5.41, 5.74) is 12.5. The van der Waals surface area contributed by atoms with Gasteiger partial charge in [0.1, 0.15) is 5.69 Å². The van der Waals surface area contributed by atoms with E-state index in [1.165, 1.54) is 21.9 Å². The SMILES string of the molecule is c1ccc(-c2cc3ccccc3c3c2c(-c2ccccc2)nn3-c2ccc(-c3ccc(-c4cccc(-c5ccccn5)n4)cc3)cc2)cc1. The topological polar surface area (TPSA) is 43.6 Å². The molecule has 0 bridgehead atoms. The van der Waals surface area contributed by atoms with Gasteiger partial charge in [0, 0.05) is 28.1 Å². The van der Waals surface area contributed by atoms with Gasteiger partial charge in [-0.3, -0.25) is 4.98 Å². The molecule has 0 aliphatic heterocycles. The van der Waals surface area contributed by atoms with E-state index in [0.717, 1.165) is 61.6 Å². The predicted molar refractivity (Wildman–Crippen MR) is 201 cm³/mol. The van der Waals surface area contributed by atoms with Crippen LogP contribution in [0.5, 0.6) is 0 Å². The molecule has 4 heteroatoms. The number of pyridine rings is 2. The molecule has 0 aliphatic rings. The minimum Gasteiger partial charge on any atom is -0.255 e. The summed E-state index contributed by atoms with van der Waals surface area (Å²) in [4.78, 5) is 9.35. The third-order valence-corrected chi connectivity index (χ3v) is 9.10. The molecule has 0 unspecified atom stereocenters. The Morgan fingerprint density at radius 2 is 1.04 bits per heavy atom. The maximum atomic E-state index is 5.35. The van der Waals surface area contributed by atoms with Gasteiger partial charge in [-0.15, -0.1) is 0 Å². The molecule has 0 atom stereocenters. The smallest absolute Gasteiger partial charge is 0.101 e. The molecule has 4 nitrogen and oxygen atoms in total. The first-order valence-electron chi connectivity index (χ1n) is 16.5. The molecule has 9 aromatic rings. The summed E-state index contributed by atoms with van der Waals surface area (Å²) in [5, 5.41) is 8.86. The quantitative estimate of drug-likeness (QED) is 0.184. The average Bonchev–Trinajstić information content (AvgIpc) is 3.60. The summed E-state index contributed by atoms with van der Waals surface area (Å²) < 4.78 is 2.12. The Hall–Kier alpha value is -6.65. The van der Waals surface area contributed by atoms with Crippen LogP contribution in [0, 0.1) is 0 Å². The summed E-state index contributed by atoms with van der Waals surface area (Å²) in [6.07, 6.45) is 1.80. The molecule has 49 heavy (non-hydrogen) atoms. The van der Waals surface area contributed by atoms with Crippen LogP contribution in [0.4, 0.5) is 0 Å². The molecular formula is C45H30N4. The summed E-state index contributed by atoms with van der Waals surface area (Å²) in [5.74, 6) is 0. The van der Waals surface area contributed by atoms with Gasteiger partial charge in [-0.2, -0.15) is 5.10 Å². The lowest BCUT2D eigenvalue weighted by atomic mass is 9.94. The highest BCUT2D eigenvalue weighted by Gasteiger charge is 2.21. The molecule has 3 aromatic heterocycles. The average molecular weight is 627 g/mol. The molecule has 0 fully saturated rings. The van der Waals surface area contributed by atoms with Crippen LogP contribution in [0.2, 0.25) is 0 Å². The second-order valence-electron chi connectivity index (χ2n) is 12.1. The number of fused-ring (bicyclic) bond motifs is 3. The van der Waals surface area contributed by atoms with Gasteiger partial charge in [0.2, 0.25) is 0 Å². The van der Waals surface area contributed by atoms with Crippen molar-refractivity contribution in [2.75, 3.05) is 0 Å². The molecule has 9 rings (SSSR count). The fraction of sp³-hybridized carbons (Fsp3) is 0. The maximum Gasteiger partial charge on any atom is 0.101 e. The van der Waals surface area contributed by atoms with Crippen molar-refractivity contribution in [3.8, 4) is 61.8 Å². The molecule has 230 valence electrons. The Labute approximate surface area is 284 Å². The Bertz CT molecular complexity index is 2560. The Kier molecular flexibility index (Phi) is 7.10. The van der Waals surface area contributed by atoms with Gasteiger partial charge in [0.25, 0.3) is 0 Å². The van der Waals surface area contributed by atoms with E-state index in [2.05, 4.69) is 149 Å². The summed E-state index contributed by atoms with van der Waals surface area (Å²) >= 11 is 0. The molecule has 6 aromatic carbocycles. The number of hydrogen-bond donors (Lipinski definition) is 0. The van der Waals surface area contributed by atoms with Crippen molar-refractivity contribution >= 4 is 21.7 Å². The predicted octanol–water partition coefficient (Wildman–Crippen LogP) is 11.3. The first-order valence-corrected chi connectivity index (χ1v) is 16.5. The van der Waals surface area contributed by atoms with Gasteiger partial charge >= 0.3 is 0 Å². The largest absolute Gasteiger partial charge is 0.255 e. The normalized spacial score (nSPS) is 11.3. The van der Waals surface area contributed by atoms with Crippen molar-refractivity contribution in [3.63, 3.8) is 0 Å². The fourth-order valence-electron chi connectivity index (χ4n) is 6.70. The molecular weight excluding hydrogens is 597 g/mol. The molecule has 0 radical (unpaired) electrons. The number of nitrogens with zero attached hydrogens (tertiary/aromatic N) is 4. The lowest BCUT2D eigenvalue weighted by Crippen LogP contribution is -1.97. The number of hydrogen-bond acceptors (Lipinski definition) is 3. The summed E-state index contributed by atoms with van der Waals surface area (Å²) in [6, 6.07) is 61.3. The molecule has 0 saturated carbocycles. The minimum absolute atomic E-state index is 0.864. The minimum atomic E-state index is 0.864. The monoisotopic (exact) mass is 626 g/mol.